The maximum absolute atomic E-state index is 9.75. The highest BCUT2D eigenvalue weighted by molar-refractivity contribution is 7.10. The van der Waals surface area contributed by atoms with Crippen molar-refractivity contribution in [2.75, 3.05) is 26.8 Å². The number of hydrogen-bond acceptors (Lipinski definition) is 4. The molecule has 1 aliphatic heterocycles. The predicted octanol–water partition coefficient (Wildman–Crippen LogP) is 1.67. The van der Waals surface area contributed by atoms with E-state index in [0.29, 0.717) is 19.2 Å². The van der Waals surface area contributed by atoms with E-state index in [1.165, 1.54) is 10.4 Å². The minimum atomic E-state index is -0.382. The van der Waals surface area contributed by atoms with Gasteiger partial charge in [0, 0.05) is 31.1 Å². The molecule has 0 spiro atoms. The van der Waals surface area contributed by atoms with Crippen LogP contribution >= 0.6 is 11.3 Å². The highest BCUT2D eigenvalue weighted by Crippen LogP contribution is 2.32. The first-order chi connectivity index (χ1) is 7.72. The second-order valence-corrected chi connectivity index (χ2v) is 5.33. The SMILES string of the molecule is COCC(O)CN1CCc2sccc2C1C. The summed E-state index contributed by atoms with van der Waals surface area (Å²) in [6, 6.07) is 2.63. The summed E-state index contributed by atoms with van der Waals surface area (Å²) in [5.74, 6) is 0. The molecule has 0 bridgehead atoms. The molecule has 2 unspecified atom stereocenters. The van der Waals surface area contributed by atoms with E-state index in [2.05, 4.69) is 23.3 Å². The molecule has 16 heavy (non-hydrogen) atoms. The van der Waals surface area contributed by atoms with Crippen LogP contribution in [0.4, 0.5) is 0 Å². The lowest BCUT2D eigenvalue weighted by Gasteiger charge is -2.34. The van der Waals surface area contributed by atoms with E-state index in [1.54, 1.807) is 7.11 Å². The topological polar surface area (TPSA) is 32.7 Å². The van der Waals surface area contributed by atoms with Gasteiger partial charge in [0.2, 0.25) is 0 Å². The van der Waals surface area contributed by atoms with Gasteiger partial charge in [-0.25, -0.2) is 0 Å². The normalized spacial score (nSPS) is 23.1. The van der Waals surface area contributed by atoms with Gasteiger partial charge in [0.25, 0.3) is 0 Å². The first kappa shape index (κ1) is 12.0. The average Bonchev–Trinajstić information content (AvgIpc) is 2.71. The Morgan fingerprint density at radius 2 is 2.50 bits per heavy atom. The summed E-state index contributed by atoms with van der Waals surface area (Å²) < 4.78 is 4.96. The van der Waals surface area contributed by atoms with Crippen molar-refractivity contribution in [3.05, 3.63) is 21.9 Å². The number of ether oxygens (including phenoxy) is 1. The standard InChI is InChI=1S/C12H19NO2S/c1-9-11-4-6-16-12(11)3-5-13(9)7-10(14)8-15-2/h4,6,9-10,14H,3,5,7-8H2,1-2H3. The van der Waals surface area contributed by atoms with Crippen LogP contribution in [0.25, 0.3) is 0 Å². The van der Waals surface area contributed by atoms with E-state index in [4.69, 9.17) is 4.74 Å². The van der Waals surface area contributed by atoms with Crippen LogP contribution < -0.4 is 0 Å². The molecular weight excluding hydrogens is 222 g/mol. The second kappa shape index (κ2) is 5.27. The molecule has 1 aromatic heterocycles. The Morgan fingerprint density at radius 1 is 1.69 bits per heavy atom. The van der Waals surface area contributed by atoms with Crippen LogP contribution in [0.5, 0.6) is 0 Å². The molecule has 0 amide bonds. The molecule has 90 valence electrons. The van der Waals surface area contributed by atoms with Crippen molar-refractivity contribution in [3.63, 3.8) is 0 Å². The van der Waals surface area contributed by atoms with Gasteiger partial charge in [-0.05, 0) is 30.4 Å². The number of thiophene rings is 1. The van der Waals surface area contributed by atoms with Crippen molar-refractivity contribution in [1.29, 1.82) is 0 Å². The first-order valence-electron chi connectivity index (χ1n) is 5.69. The Labute approximate surface area is 101 Å². The number of hydrogen-bond donors (Lipinski definition) is 1. The average molecular weight is 241 g/mol. The van der Waals surface area contributed by atoms with Gasteiger partial charge in [-0.1, -0.05) is 0 Å². The van der Waals surface area contributed by atoms with Gasteiger partial charge in [-0.3, -0.25) is 4.90 Å². The number of methoxy groups -OCH3 is 1. The molecule has 3 nitrogen and oxygen atoms in total. The first-order valence-corrected chi connectivity index (χ1v) is 6.57. The molecule has 2 rings (SSSR count). The third-order valence-corrected chi connectivity index (χ3v) is 4.20. The Balaban J connectivity index is 1.99. The van der Waals surface area contributed by atoms with E-state index in [-0.39, 0.29) is 6.10 Å². The van der Waals surface area contributed by atoms with E-state index in [9.17, 15) is 5.11 Å². The molecule has 1 aromatic rings. The number of fused-ring (bicyclic) bond motifs is 1. The van der Waals surface area contributed by atoms with Crippen molar-refractivity contribution in [2.45, 2.75) is 25.5 Å². The lowest BCUT2D eigenvalue weighted by atomic mass is 10.0. The zero-order chi connectivity index (χ0) is 11.5. The molecule has 0 aliphatic carbocycles. The molecule has 0 radical (unpaired) electrons. The number of nitrogens with zero attached hydrogens (tertiary/aromatic N) is 1. The van der Waals surface area contributed by atoms with Crippen molar-refractivity contribution in [1.82, 2.24) is 4.90 Å². The van der Waals surface area contributed by atoms with Crippen molar-refractivity contribution < 1.29 is 9.84 Å². The summed E-state index contributed by atoms with van der Waals surface area (Å²) in [5.41, 5.74) is 1.43. The summed E-state index contributed by atoms with van der Waals surface area (Å²) in [6.45, 7) is 4.36. The summed E-state index contributed by atoms with van der Waals surface area (Å²) in [6.07, 6.45) is 0.726. The predicted molar refractivity (Wildman–Crippen MR) is 65.9 cm³/mol. The maximum Gasteiger partial charge on any atom is 0.0900 e. The van der Waals surface area contributed by atoms with Crippen LogP contribution in [0.1, 0.15) is 23.4 Å². The number of β-amino-alcohol motifs (C(OH)–C–C–N with tert-alkyl or cyclic N) is 1. The number of aliphatic hydroxyl groups excluding tert-OH is 1. The molecule has 1 N–H and O–H groups in total. The van der Waals surface area contributed by atoms with Crippen LogP contribution in [-0.2, 0) is 11.2 Å². The van der Waals surface area contributed by atoms with E-state index in [0.717, 1.165) is 13.0 Å². The third-order valence-electron chi connectivity index (χ3n) is 3.21. The smallest absolute Gasteiger partial charge is 0.0900 e. The monoisotopic (exact) mass is 241 g/mol. The third kappa shape index (κ3) is 2.46. The van der Waals surface area contributed by atoms with E-state index in [1.807, 2.05) is 11.3 Å². The Bertz CT molecular complexity index is 340. The Kier molecular flexibility index (Phi) is 3.97. The Morgan fingerprint density at radius 3 is 3.25 bits per heavy atom. The number of rotatable bonds is 4. The molecule has 0 saturated heterocycles. The van der Waals surface area contributed by atoms with Crippen molar-refractivity contribution >= 4 is 11.3 Å². The zero-order valence-corrected chi connectivity index (χ0v) is 10.7. The molecule has 2 heterocycles. The second-order valence-electron chi connectivity index (χ2n) is 4.33. The van der Waals surface area contributed by atoms with Crippen LogP contribution in [0.2, 0.25) is 0 Å². The van der Waals surface area contributed by atoms with Gasteiger partial charge in [-0.2, -0.15) is 0 Å². The fraction of sp³-hybridized carbons (Fsp3) is 0.667. The van der Waals surface area contributed by atoms with Gasteiger partial charge < -0.3 is 9.84 Å². The minimum absolute atomic E-state index is 0.382. The fourth-order valence-corrected chi connectivity index (χ4v) is 3.29. The summed E-state index contributed by atoms with van der Waals surface area (Å²) in [7, 11) is 1.62. The van der Waals surface area contributed by atoms with Gasteiger partial charge in [0.15, 0.2) is 0 Å². The van der Waals surface area contributed by atoms with Crippen LogP contribution in [0, 0.1) is 0 Å². The van der Waals surface area contributed by atoms with E-state index < -0.39 is 0 Å². The number of aliphatic hydroxyl groups is 1. The summed E-state index contributed by atoms with van der Waals surface area (Å²) in [4.78, 5) is 3.84. The van der Waals surface area contributed by atoms with Crippen LogP contribution in [0.15, 0.2) is 11.4 Å². The summed E-state index contributed by atoms with van der Waals surface area (Å²) >= 11 is 1.85. The quantitative estimate of drug-likeness (QED) is 0.870. The van der Waals surface area contributed by atoms with Crippen molar-refractivity contribution in [3.8, 4) is 0 Å². The van der Waals surface area contributed by atoms with Crippen molar-refractivity contribution in [2.24, 2.45) is 0 Å². The molecule has 2 atom stereocenters. The molecule has 0 saturated carbocycles. The molecule has 0 fully saturated rings. The highest BCUT2D eigenvalue weighted by Gasteiger charge is 2.25. The minimum Gasteiger partial charge on any atom is -0.389 e. The lowest BCUT2D eigenvalue weighted by Crippen LogP contribution is -2.40. The van der Waals surface area contributed by atoms with Gasteiger partial charge in [-0.15, -0.1) is 11.3 Å². The van der Waals surface area contributed by atoms with Gasteiger partial charge >= 0.3 is 0 Å². The molecule has 4 heteroatoms. The molecular formula is C12H19NO2S. The molecule has 1 aliphatic rings. The molecule has 0 aromatic carbocycles. The van der Waals surface area contributed by atoms with Crippen LogP contribution in [-0.4, -0.2) is 42.9 Å². The highest BCUT2D eigenvalue weighted by atomic mass is 32.1. The maximum atomic E-state index is 9.75. The zero-order valence-electron chi connectivity index (χ0n) is 9.85. The largest absolute Gasteiger partial charge is 0.389 e. The lowest BCUT2D eigenvalue weighted by molar-refractivity contribution is 0.0265. The van der Waals surface area contributed by atoms with Crippen LogP contribution in [0.3, 0.4) is 0 Å². The fourth-order valence-electron chi connectivity index (χ4n) is 2.33. The summed E-state index contributed by atoms with van der Waals surface area (Å²) in [5, 5.41) is 11.9. The van der Waals surface area contributed by atoms with Gasteiger partial charge in [0.1, 0.15) is 0 Å². The Hall–Kier alpha value is -0.420. The van der Waals surface area contributed by atoms with Gasteiger partial charge in [0.05, 0.1) is 12.7 Å². The van der Waals surface area contributed by atoms with E-state index >= 15 is 0 Å².